The van der Waals surface area contributed by atoms with Crippen molar-refractivity contribution < 1.29 is 4.92 Å². The number of hydrogen-bond donors (Lipinski definition) is 0. The third-order valence-electron chi connectivity index (χ3n) is 2.11. The smallest absolute Gasteiger partial charge is 0.258 e. The predicted molar refractivity (Wildman–Crippen MR) is 78.4 cm³/mol. The number of halogens is 1. The number of nitro benzene ring substituents is 1. The molecule has 0 atom stereocenters. The molecule has 86 valence electrons. The van der Waals surface area contributed by atoms with Gasteiger partial charge in [0, 0.05) is 12.1 Å². The highest BCUT2D eigenvalue weighted by atomic mass is 127. The molecule has 0 saturated carbocycles. The average Bonchev–Trinajstić information content (AvgIpc) is 2.17. The lowest BCUT2D eigenvalue weighted by Gasteiger charge is -2.14. The Labute approximate surface area is 110 Å². The lowest BCUT2D eigenvalue weighted by atomic mass is 10.2. The second kappa shape index (κ2) is 5.09. The Kier molecular flexibility index (Phi) is 4.26. The molecule has 0 amide bonds. The van der Waals surface area contributed by atoms with Crippen molar-refractivity contribution in [2.24, 2.45) is 0 Å². The zero-order valence-corrected chi connectivity index (χ0v) is 12.7. The van der Waals surface area contributed by atoms with Crippen LogP contribution in [0, 0.1) is 10.1 Å². The minimum absolute atomic E-state index is 0.139. The van der Waals surface area contributed by atoms with Gasteiger partial charge >= 0.3 is 0 Å². The van der Waals surface area contributed by atoms with Crippen LogP contribution >= 0.6 is 22.6 Å². The summed E-state index contributed by atoms with van der Waals surface area (Å²) in [6.07, 6.45) is 2.11. The van der Waals surface area contributed by atoms with Crippen molar-refractivity contribution in [3.8, 4) is 0 Å². The Balaban J connectivity index is 2.96. The Morgan fingerprint density at radius 1 is 1.31 bits per heavy atom. The number of benzene rings is 1. The van der Waals surface area contributed by atoms with Gasteiger partial charge in [-0.2, -0.15) is 0 Å². The highest BCUT2D eigenvalue weighted by molar-refractivity contribution is 14.1. The molecule has 1 aromatic carbocycles. The standard InChI is InChI=1S/C11H14INO2Si/c1-16(2,3)11(12)8-9-4-6-10(7-5-9)13(14)15/h4-8H,1-3H3/b11-8+. The van der Waals surface area contributed by atoms with E-state index in [0.717, 1.165) is 5.56 Å². The molecule has 3 nitrogen and oxygen atoms in total. The summed E-state index contributed by atoms with van der Waals surface area (Å²) in [6, 6.07) is 6.66. The van der Waals surface area contributed by atoms with E-state index < -0.39 is 8.07 Å². The first-order valence-corrected chi connectivity index (χ1v) is 9.51. The van der Waals surface area contributed by atoms with Gasteiger partial charge in [-0.3, -0.25) is 10.1 Å². The van der Waals surface area contributed by atoms with Crippen molar-refractivity contribution in [3.05, 3.63) is 43.1 Å². The summed E-state index contributed by atoms with van der Waals surface area (Å²) in [5, 5.41) is 10.5. The normalized spacial score (nSPS) is 12.6. The summed E-state index contributed by atoms with van der Waals surface area (Å²) in [6.45, 7) is 6.82. The Morgan fingerprint density at radius 3 is 2.19 bits per heavy atom. The van der Waals surface area contributed by atoms with Crippen molar-refractivity contribution in [2.45, 2.75) is 19.6 Å². The number of nitro groups is 1. The average molecular weight is 347 g/mol. The van der Waals surface area contributed by atoms with Crippen LogP contribution < -0.4 is 0 Å². The maximum atomic E-state index is 10.5. The van der Waals surface area contributed by atoms with E-state index in [4.69, 9.17) is 0 Å². The van der Waals surface area contributed by atoms with Crippen LogP contribution in [-0.2, 0) is 0 Å². The molecule has 0 fully saturated rings. The molecule has 5 heteroatoms. The molecular formula is C11H14INO2Si. The molecule has 0 spiro atoms. The molecule has 0 radical (unpaired) electrons. The first kappa shape index (κ1) is 13.4. The van der Waals surface area contributed by atoms with Crippen molar-refractivity contribution in [2.75, 3.05) is 0 Å². The minimum Gasteiger partial charge on any atom is -0.258 e. The van der Waals surface area contributed by atoms with Gasteiger partial charge in [-0.15, -0.1) is 0 Å². The molecular weight excluding hydrogens is 333 g/mol. The second-order valence-electron chi connectivity index (χ2n) is 4.59. The number of non-ortho nitro benzene ring substituents is 1. The van der Waals surface area contributed by atoms with Crippen LogP contribution in [0.5, 0.6) is 0 Å². The number of hydrogen-bond acceptors (Lipinski definition) is 2. The topological polar surface area (TPSA) is 43.1 Å². The first-order valence-electron chi connectivity index (χ1n) is 4.93. The van der Waals surface area contributed by atoms with Gasteiger partial charge < -0.3 is 0 Å². The molecule has 0 aliphatic rings. The third kappa shape index (κ3) is 3.71. The quantitative estimate of drug-likeness (QED) is 0.355. The van der Waals surface area contributed by atoms with E-state index in [1.165, 1.54) is 3.20 Å². The van der Waals surface area contributed by atoms with Gasteiger partial charge in [-0.05, 0) is 27.0 Å². The van der Waals surface area contributed by atoms with Gasteiger partial charge in [0.25, 0.3) is 5.69 Å². The van der Waals surface area contributed by atoms with Crippen LogP contribution in [0.25, 0.3) is 6.08 Å². The highest BCUT2D eigenvalue weighted by Crippen LogP contribution is 2.24. The van der Waals surface area contributed by atoms with Gasteiger partial charge in [0.15, 0.2) is 0 Å². The summed E-state index contributed by atoms with van der Waals surface area (Å²) in [4.78, 5) is 10.1. The van der Waals surface area contributed by atoms with E-state index in [1.54, 1.807) is 24.3 Å². The fourth-order valence-electron chi connectivity index (χ4n) is 1.06. The van der Waals surface area contributed by atoms with Crippen LogP contribution in [0.3, 0.4) is 0 Å². The lowest BCUT2D eigenvalue weighted by Crippen LogP contribution is -2.19. The van der Waals surface area contributed by atoms with E-state index in [2.05, 4.69) is 48.3 Å². The molecule has 0 aromatic heterocycles. The molecule has 0 aliphatic heterocycles. The molecule has 0 saturated heterocycles. The third-order valence-corrected chi connectivity index (χ3v) is 8.86. The van der Waals surface area contributed by atoms with Gasteiger partial charge in [-0.1, -0.05) is 42.2 Å². The van der Waals surface area contributed by atoms with Crippen molar-refractivity contribution >= 4 is 42.4 Å². The monoisotopic (exact) mass is 347 g/mol. The number of nitrogens with zero attached hydrogens (tertiary/aromatic N) is 1. The van der Waals surface area contributed by atoms with Crippen molar-refractivity contribution in [1.82, 2.24) is 0 Å². The molecule has 0 N–H and O–H groups in total. The van der Waals surface area contributed by atoms with Crippen molar-refractivity contribution in [1.29, 1.82) is 0 Å². The largest absolute Gasteiger partial charge is 0.269 e. The highest BCUT2D eigenvalue weighted by Gasteiger charge is 2.16. The molecule has 0 aliphatic carbocycles. The van der Waals surface area contributed by atoms with Crippen LogP contribution in [0.1, 0.15) is 5.56 Å². The molecule has 1 rings (SSSR count). The van der Waals surface area contributed by atoms with Gasteiger partial charge in [-0.25, -0.2) is 0 Å². The summed E-state index contributed by atoms with van der Waals surface area (Å²) in [5.74, 6) is 0. The Morgan fingerprint density at radius 2 is 1.81 bits per heavy atom. The van der Waals surface area contributed by atoms with Crippen LogP contribution in [0.2, 0.25) is 19.6 Å². The molecule has 0 heterocycles. The molecule has 16 heavy (non-hydrogen) atoms. The van der Waals surface area contributed by atoms with E-state index >= 15 is 0 Å². The molecule has 0 unspecified atom stereocenters. The summed E-state index contributed by atoms with van der Waals surface area (Å²) in [7, 11) is -1.26. The summed E-state index contributed by atoms with van der Waals surface area (Å²) < 4.78 is 1.36. The summed E-state index contributed by atoms with van der Waals surface area (Å²) >= 11 is 2.36. The first-order chi connectivity index (χ1) is 7.30. The number of rotatable bonds is 3. The second-order valence-corrected chi connectivity index (χ2v) is 11.8. The Hall–Kier alpha value is -0.693. The van der Waals surface area contributed by atoms with Crippen LogP contribution in [0.4, 0.5) is 5.69 Å². The fourth-order valence-corrected chi connectivity index (χ4v) is 2.01. The van der Waals surface area contributed by atoms with Crippen LogP contribution in [0.15, 0.2) is 27.5 Å². The van der Waals surface area contributed by atoms with Crippen molar-refractivity contribution in [3.63, 3.8) is 0 Å². The fraction of sp³-hybridized carbons (Fsp3) is 0.273. The Bertz CT molecular complexity index is 421. The van der Waals surface area contributed by atoms with Gasteiger partial charge in [0.2, 0.25) is 0 Å². The van der Waals surface area contributed by atoms with Crippen LogP contribution in [-0.4, -0.2) is 13.0 Å². The maximum Gasteiger partial charge on any atom is 0.269 e. The van der Waals surface area contributed by atoms with E-state index in [-0.39, 0.29) is 10.6 Å². The molecule has 0 bridgehead atoms. The van der Waals surface area contributed by atoms with E-state index in [0.29, 0.717) is 0 Å². The zero-order valence-electron chi connectivity index (χ0n) is 9.53. The molecule has 1 aromatic rings. The SMILES string of the molecule is C[Si](C)(C)/C(I)=C/c1ccc([N+](=O)[O-])cc1. The van der Waals surface area contributed by atoms with E-state index in [9.17, 15) is 10.1 Å². The lowest BCUT2D eigenvalue weighted by molar-refractivity contribution is -0.384. The van der Waals surface area contributed by atoms with Gasteiger partial charge in [0.05, 0.1) is 13.0 Å². The zero-order chi connectivity index (χ0) is 12.3. The van der Waals surface area contributed by atoms with Gasteiger partial charge in [0.1, 0.15) is 0 Å². The minimum atomic E-state index is -1.26. The van der Waals surface area contributed by atoms with E-state index in [1.807, 2.05) is 0 Å². The summed E-state index contributed by atoms with van der Waals surface area (Å²) in [5.41, 5.74) is 1.16. The predicted octanol–water partition coefficient (Wildman–Crippen LogP) is 4.25. The maximum absolute atomic E-state index is 10.5.